The predicted molar refractivity (Wildman–Crippen MR) is 206 cm³/mol. The van der Waals surface area contributed by atoms with Gasteiger partial charge in [0.1, 0.15) is 56.8 Å². The highest BCUT2D eigenvalue weighted by Gasteiger charge is 2.40. The normalized spacial score (nSPS) is 15.1. The standard InChI is InChI=1S/C42H56N2O8/c1-7-13-21-43(22-14-8-2)31-17-19-33(35(29-31)49-25-27-51-37(45)11-5)39-41(47)40(42(39)48)34-20-18-32(44(23-15-9-3)24-16-10-4)30-36(34)50-26-28-52-38(46)12-6/h11-12,17-20,29-30H,5-10,13-16,21-28H2,1-4H3/p+1. The molecule has 1 N–H and O–H groups in total. The van der Waals surface area contributed by atoms with Crippen LogP contribution in [-0.2, 0) is 28.6 Å². The second-order valence-corrected chi connectivity index (χ2v) is 12.6. The number of anilines is 1. The minimum atomic E-state index is -0.557. The number of carbonyl (C=O) groups excluding carboxylic acids is 3. The van der Waals surface area contributed by atoms with Crippen LogP contribution in [0.25, 0.3) is 5.57 Å². The van der Waals surface area contributed by atoms with Gasteiger partial charge in [0.2, 0.25) is 11.5 Å². The van der Waals surface area contributed by atoms with E-state index in [4.69, 9.17) is 18.9 Å². The van der Waals surface area contributed by atoms with E-state index in [-0.39, 0.29) is 49.1 Å². The summed E-state index contributed by atoms with van der Waals surface area (Å²) in [6.07, 6.45) is 16.1. The Labute approximate surface area is 309 Å². The predicted octanol–water partition coefficient (Wildman–Crippen LogP) is 7.60. The van der Waals surface area contributed by atoms with E-state index in [2.05, 4.69) is 50.3 Å². The van der Waals surface area contributed by atoms with E-state index in [1.165, 1.54) is 0 Å². The van der Waals surface area contributed by atoms with Crippen molar-refractivity contribution < 1.29 is 43.0 Å². The Kier molecular flexibility index (Phi) is 17.7. The first kappa shape index (κ1) is 41.6. The van der Waals surface area contributed by atoms with E-state index in [0.717, 1.165) is 101 Å². The molecule has 0 spiro atoms. The maximum Gasteiger partial charge on any atom is 0.330 e. The summed E-state index contributed by atoms with van der Waals surface area (Å²) in [7, 11) is 0. The van der Waals surface area contributed by atoms with E-state index in [1.807, 2.05) is 24.3 Å². The number of rotatable bonds is 24. The van der Waals surface area contributed by atoms with Gasteiger partial charge in [-0.3, -0.25) is 4.79 Å². The van der Waals surface area contributed by atoms with Gasteiger partial charge >= 0.3 is 11.9 Å². The Morgan fingerprint density at radius 3 is 1.90 bits per heavy atom. The van der Waals surface area contributed by atoms with Crippen LogP contribution >= 0.6 is 0 Å². The highest BCUT2D eigenvalue weighted by molar-refractivity contribution is 6.40. The molecular weight excluding hydrogens is 660 g/mol. The molecule has 3 rings (SSSR count). The molecule has 52 heavy (non-hydrogen) atoms. The monoisotopic (exact) mass is 717 g/mol. The average Bonchev–Trinajstić information content (AvgIpc) is 3.16. The second kappa shape index (κ2) is 22.2. The Balaban J connectivity index is 2.08. The zero-order chi connectivity index (χ0) is 37.9. The molecule has 10 heteroatoms. The van der Waals surface area contributed by atoms with Crippen molar-refractivity contribution in [1.82, 2.24) is 0 Å². The number of nitrogens with zero attached hydrogens (tertiary/aromatic N) is 2. The summed E-state index contributed by atoms with van der Waals surface area (Å²) >= 11 is 0. The quantitative estimate of drug-likeness (QED) is 0.0500. The van der Waals surface area contributed by atoms with Gasteiger partial charge in [-0.05, 0) is 31.1 Å². The molecule has 282 valence electrons. The molecule has 0 aromatic heterocycles. The van der Waals surface area contributed by atoms with Crippen molar-refractivity contribution in [2.24, 2.45) is 0 Å². The fourth-order valence-electron chi connectivity index (χ4n) is 5.81. The number of unbranched alkanes of at least 4 members (excludes halogenated alkanes) is 4. The molecule has 1 aromatic carbocycles. The lowest BCUT2D eigenvalue weighted by molar-refractivity contribution is -0.527. The lowest BCUT2D eigenvalue weighted by Crippen LogP contribution is -2.27. The van der Waals surface area contributed by atoms with Crippen LogP contribution in [0.3, 0.4) is 0 Å². The first-order chi connectivity index (χ1) is 25.2. The van der Waals surface area contributed by atoms with Crippen molar-refractivity contribution in [3.05, 3.63) is 90.0 Å². The molecule has 0 fully saturated rings. The van der Waals surface area contributed by atoms with Gasteiger partial charge in [0, 0.05) is 67.0 Å². The van der Waals surface area contributed by atoms with E-state index < -0.39 is 11.9 Å². The maximum absolute atomic E-state index is 14.0. The van der Waals surface area contributed by atoms with Crippen LogP contribution in [0, 0.1) is 0 Å². The van der Waals surface area contributed by atoms with Crippen LogP contribution in [0.1, 0.15) is 84.6 Å². The number of carbonyl (C=O) groups is 3. The molecule has 0 aliphatic heterocycles. The van der Waals surface area contributed by atoms with Gasteiger partial charge in [0.15, 0.2) is 0 Å². The van der Waals surface area contributed by atoms with E-state index in [1.54, 1.807) is 12.1 Å². The van der Waals surface area contributed by atoms with Crippen molar-refractivity contribution in [2.45, 2.75) is 79.1 Å². The average molecular weight is 718 g/mol. The lowest BCUT2D eigenvalue weighted by atomic mass is 9.79. The number of benzene rings is 1. The Bertz CT molecular complexity index is 1580. The minimum Gasteiger partial charge on any atom is -0.506 e. The van der Waals surface area contributed by atoms with Gasteiger partial charge < -0.3 is 29.0 Å². The van der Waals surface area contributed by atoms with Crippen molar-refractivity contribution in [3.63, 3.8) is 0 Å². The Hall–Kier alpha value is -4.86. The summed E-state index contributed by atoms with van der Waals surface area (Å²) in [5.74, 6) is -0.836. The number of allylic oxidation sites excluding steroid dienone is 5. The third-order valence-corrected chi connectivity index (χ3v) is 8.76. The van der Waals surface area contributed by atoms with Crippen molar-refractivity contribution in [2.75, 3.05) is 57.5 Å². The van der Waals surface area contributed by atoms with Crippen LogP contribution in [-0.4, -0.2) is 85.7 Å². The molecule has 1 aromatic rings. The summed E-state index contributed by atoms with van der Waals surface area (Å²) in [6, 6.07) is 5.64. The first-order valence-corrected chi connectivity index (χ1v) is 18.7. The molecule has 0 heterocycles. The van der Waals surface area contributed by atoms with Gasteiger partial charge in [-0.2, -0.15) is 0 Å². The SMILES string of the molecule is C=CC(=O)OCCOC1=CC(=[N+](CCCC)CCCC)C=C/C1=C1/C(=O)C(c2ccc(N(CCCC)CCCC)cc2OCCOC(=O)C=C)=C1O. The topological polar surface area (TPSA) is 115 Å². The molecule has 0 unspecified atom stereocenters. The van der Waals surface area contributed by atoms with Crippen LogP contribution in [0.4, 0.5) is 5.69 Å². The highest BCUT2D eigenvalue weighted by Crippen LogP contribution is 2.44. The van der Waals surface area contributed by atoms with Gasteiger partial charge in [0.25, 0.3) is 0 Å². The molecular formula is C42H57N2O8+. The second-order valence-electron chi connectivity index (χ2n) is 12.6. The first-order valence-electron chi connectivity index (χ1n) is 18.7. The number of aliphatic hydroxyl groups excluding tert-OH is 1. The molecule has 0 radical (unpaired) electrons. The van der Waals surface area contributed by atoms with E-state index >= 15 is 0 Å². The molecule has 2 aliphatic rings. The van der Waals surface area contributed by atoms with Crippen LogP contribution in [0.5, 0.6) is 5.75 Å². The Morgan fingerprint density at radius 2 is 1.37 bits per heavy atom. The lowest BCUT2D eigenvalue weighted by Gasteiger charge is -2.29. The molecule has 0 amide bonds. The van der Waals surface area contributed by atoms with Crippen molar-refractivity contribution in [3.8, 4) is 5.75 Å². The zero-order valence-electron chi connectivity index (χ0n) is 31.5. The fraction of sp³-hybridized carbons (Fsp3) is 0.476. The highest BCUT2D eigenvalue weighted by atomic mass is 16.6. The zero-order valence-corrected chi connectivity index (χ0v) is 31.5. The number of Topliss-reactive ketones (excluding diaryl/α,β-unsaturated/α-hetero) is 1. The summed E-state index contributed by atoms with van der Waals surface area (Å²) < 4.78 is 24.8. The van der Waals surface area contributed by atoms with Crippen LogP contribution in [0.15, 0.2) is 84.4 Å². The third-order valence-electron chi connectivity index (χ3n) is 8.76. The van der Waals surface area contributed by atoms with Gasteiger partial charge in [-0.25, -0.2) is 14.2 Å². The molecule has 0 atom stereocenters. The number of hydrogen-bond donors (Lipinski definition) is 1. The number of ketones is 1. The molecule has 0 saturated carbocycles. The third kappa shape index (κ3) is 11.6. The Morgan fingerprint density at radius 1 is 0.788 bits per heavy atom. The van der Waals surface area contributed by atoms with Crippen LogP contribution < -0.4 is 9.64 Å². The summed E-state index contributed by atoms with van der Waals surface area (Å²) in [5.41, 5.74) is 3.04. The summed E-state index contributed by atoms with van der Waals surface area (Å²) in [4.78, 5) is 39.6. The van der Waals surface area contributed by atoms with E-state index in [0.29, 0.717) is 22.6 Å². The van der Waals surface area contributed by atoms with E-state index in [9.17, 15) is 19.5 Å². The largest absolute Gasteiger partial charge is 0.506 e. The number of hydrogen-bond acceptors (Lipinski definition) is 9. The summed E-state index contributed by atoms with van der Waals surface area (Å²) in [6.45, 7) is 19.0. The van der Waals surface area contributed by atoms with Crippen molar-refractivity contribution in [1.29, 1.82) is 0 Å². The molecule has 0 bridgehead atoms. The molecule has 0 saturated heterocycles. The smallest absolute Gasteiger partial charge is 0.330 e. The summed E-state index contributed by atoms with van der Waals surface area (Å²) in [5, 5.41) is 11.6. The van der Waals surface area contributed by atoms with Gasteiger partial charge in [-0.1, -0.05) is 66.5 Å². The van der Waals surface area contributed by atoms with Gasteiger partial charge in [0.05, 0.1) is 17.2 Å². The molecule has 2 aliphatic carbocycles. The number of ether oxygens (including phenoxy) is 4. The van der Waals surface area contributed by atoms with Gasteiger partial charge in [-0.15, -0.1) is 0 Å². The minimum absolute atomic E-state index is 0.0110. The number of aliphatic hydroxyl groups is 1. The van der Waals surface area contributed by atoms with Crippen molar-refractivity contribution >= 4 is 34.7 Å². The molecule has 10 nitrogen and oxygen atoms in total. The fourth-order valence-corrected chi connectivity index (χ4v) is 5.81. The maximum atomic E-state index is 14.0. The van der Waals surface area contributed by atoms with Crippen LogP contribution in [0.2, 0.25) is 0 Å². The number of esters is 2.